The molecule has 0 bridgehead atoms. The molecular formula is C17H17Cl2N3O4. The summed E-state index contributed by atoms with van der Waals surface area (Å²) >= 11 is 11.8. The Morgan fingerprint density at radius 3 is 2.50 bits per heavy atom. The maximum atomic E-state index is 11.8. The molecule has 0 aliphatic rings. The Hall–Kier alpha value is -2.64. The van der Waals surface area contributed by atoms with E-state index in [9.17, 15) is 9.59 Å². The summed E-state index contributed by atoms with van der Waals surface area (Å²) in [5.74, 6) is -0.105. The fourth-order valence-corrected chi connectivity index (χ4v) is 2.25. The van der Waals surface area contributed by atoms with Crippen LogP contribution >= 0.6 is 23.2 Å². The van der Waals surface area contributed by atoms with Crippen molar-refractivity contribution in [2.24, 2.45) is 0 Å². The quantitative estimate of drug-likeness (QED) is 0.624. The van der Waals surface area contributed by atoms with Gasteiger partial charge < -0.3 is 14.8 Å². The number of hydrazine groups is 1. The van der Waals surface area contributed by atoms with Crippen LogP contribution in [-0.2, 0) is 9.59 Å². The fraction of sp³-hybridized carbons (Fsp3) is 0.176. The maximum Gasteiger partial charge on any atom is 0.276 e. The second-order valence-electron chi connectivity index (χ2n) is 5.01. The van der Waals surface area contributed by atoms with Crippen LogP contribution in [0.3, 0.4) is 0 Å². The van der Waals surface area contributed by atoms with E-state index in [1.54, 1.807) is 24.3 Å². The predicted octanol–water partition coefficient (Wildman–Crippen LogP) is 2.64. The molecule has 0 aromatic heterocycles. The molecule has 0 saturated carbocycles. The van der Waals surface area contributed by atoms with Gasteiger partial charge in [0.25, 0.3) is 11.8 Å². The van der Waals surface area contributed by atoms with Gasteiger partial charge >= 0.3 is 0 Å². The lowest BCUT2D eigenvalue weighted by atomic mass is 10.3. The van der Waals surface area contributed by atoms with Gasteiger partial charge in [-0.15, -0.1) is 0 Å². The monoisotopic (exact) mass is 397 g/mol. The first kappa shape index (κ1) is 19.7. The Balaban J connectivity index is 1.73. The average molecular weight is 398 g/mol. The van der Waals surface area contributed by atoms with Gasteiger partial charge in [0.05, 0.1) is 24.4 Å². The van der Waals surface area contributed by atoms with Crippen molar-refractivity contribution in [1.29, 1.82) is 0 Å². The molecule has 7 nitrogen and oxygen atoms in total. The fourth-order valence-electron chi connectivity index (χ4n) is 1.92. The van der Waals surface area contributed by atoms with E-state index in [4.69, 9.17) is 32.7 Å². The lowest BCUT2D eigenvalue weighted by Gasteiger charge is -2.12. The minimum absolute atomic E-state index is 0.0539. The number of benzene rings is 2. The minimum atomic E-state index is -0.549. The minimum Gasteiger partial charge on any atom is -0.495 e. The number of rotatable bonds is 7. The van der Waals surface area contributed by atoms with Gasteiger partial charge in [0.1, 0.15) is 11.5 Å². The number of carbonyl (C=O) groups excluding carboxylic acids is 2. The second kappa shape index (κ2) is 9.74. The summed E-state index contributed by atoms with van der Waals surface area (Å²) in [6.07, 6.45) is 0. The average Bonchev–Trinajstić information content (AvgIpc) is 2.65. The molecule has 0 atom stereocenters. The molecule has 0 fully saturated rings. The van der Waals surface area contributed by atoms with E-state index in [1.807, 2.05) is 12.1 Å². The number of halogens is 2. The van der Waals surface area contributed by atoms with E-state index in [0.29, 0.717) is 21.5 Å². The molecule has 0 aliphatic heterocycles. The third-order valence-corrected chi connectivity index (χ3v) is 3.69. The zero-order valence-electron chi connectivity index (χ0n) is 13.8. The van der Waals surface area contributed by atoms with Crippen LogP contribution in [-0.4, -0.2) is 32.1 Å². The highest BCUT2D eigenvalue weighted by atomic mass is 35.5. The molecule has 2 aromatic carbocycles. The van der Waals surface area contributed by atoms with Gasteiger partial charge in [-0.3, -0.25) is 20.4 Å². The Bertz CT molecular complexity index is 786. The van der Waals surface area contributed by atoms with Gasteiger partial charge in [-0.25, -0.2) is 0 Å². The molecule has 26 heavy (non-hydrogen) atoms. The van der Waals surface area contributed by atoms with Crippen molar-refractivity contribution in [1.82, 2.24) is 10.9 Å². The molecule has 138 valence electrons. The molecule has 0 heterocycles. The first-order chi connectivity index (χ1) is 12.5. The zero-order chi connectivity index (χ0) is 18.9. The van der Waals surface area contributed by atoms with Gasteiger partial charge in [-0.1, -0.05) is 35.3 Å². The van der Waals surface area contributed by atoms with Gasteiger partial charge in [0.15, 0.2) is 6.61 Å². The number of nitrogens with one attached hydrogen (secondary N) is 3. The lowest BCUT2D eigenvalue weighted by Crippen LogP contribution is -2.46. The summed E-state index contributed by atoms with van der Waals surface area (Å²) in [6, 6.07) is 11.8. The topological polar surface area (TPSA) is 88.7 Å². The highest BCUT2D eigenvalue weighted by molar-refractivity contribution is 6.34. The molecule has 0 radical (unpaired) electrons. The van der Waals surface area contributed by atoms with Crippen molar-refractivity contribution in [3.8, 4) is 11.5 Å². The Morgan fingerprint density at radius 1 is 1.00 bits per heavy atom. The van der Waals surface area contributed by atoms with Gasteiger partial charge in [-0.05, 0) is 24.3 Å². The molecule has 0 saturated heterocycles. The Kier molecular flexibility index (Phi) is 7.37. The largest absolute Gasteiger partial charge is 0.495 e. The Labute approximate surface area is 160 Å². The summed E-state index contributed by atoms with van der Waals surface area (Å²) in [6.45, 7) is -0.387. The second-order valence-corrected chi connectivity index (χ2v) is 5.86. The highest BCUT2D eigenvalue weighted by Crippen LogP contribution is 2.27. The first-order valence-electron chi connectivity index (χ1n) is 7.52. The number of hydrogen-bond acceptors (Lipinski definition) is 5. The van der Waals surface area contributed by atoms with Crippen LogP contribution in [0.5, 0.6) is 11.5 Å². The molecule has 9 heteroatoms. The van der Waals surface area contributed by atoms with Crippen molar-refractivity contribution in [2.75, 3.05) is 25.6 Å². The van der Waals surface area contributed by atoms with E-state index in [-0.39, 0.29) is 18.9 Å². The van der Waals surface area contributed by atoms with Crippen LogP contribution in [0.2, 0.25) is 10.0 Å². The van der Waals surface area contributed by atoms with Gasteiger partial charge in [-0.2, -0.15) is 0 Å². The SMILES string of the molecule is COc1ccccc1NCC(=O)NNC(=O)COc1cc(Cl)ccc1Cl. The molecule has 3 N–H and O–H groups in total. The molecule has 0 aliphatic carbocycles. The van der Waals surface area contributed by atoms with Gasteiger partial charge in [0.2, 0.25) is 0 Å². The molecule has 2 rings (SSSR count). The molecule has 0 unspecified atom stereocenters. The van der Waals surface area contributed by atoms with E-state index in [1.165, 1.54) is 13.2 Å². The predicted molar refractivity (Wildman–Crippen MR) is 99.7 cm³/mol. The van der Waals surface area contributed by atoms with E-state index >= 15 is 0 Å². The van der Waals surface area contributed by atoms with Crippen molar-refractivity contribution in [2.45, 2.75) is 0 Å². The lowest BCUT2D eigenvalue weighted by molar-refractivity contribution is -0.129. The van der Waals surface area contributed by atoms with Crippen molar-refractivity contribution in [3.05, 3.63) is 52.5 Å². The van der Waals surface area contributed by atoms with E-state index in [0.717, 1.165) is 0 Å². The van der Waals surface area contributed by atoms with Crippen molar-refractivity contribution in [3.63, 3.8) is 0 Å². The van der Waals surface area contributed by atoms with Crippen molar-refractivity contribution >= 4 is 40.7 Å². The molecule has 0 spiro atoms. The number of ether oxygens (including phenoxy) is 2. The summed E-state index contributed by atoms with van der Waals surface area (Å²) in [4.78, 5) is 23.5. The normalized spacial score (nSPS) is 9.96. The van der Waals surface area contributed by atoms with E-state index < -0.39 is 11.8 Å². The van der Waals surface area contributed by atoms with Crippen molar-refractivity contribution < 1.29 is 19.1 Å². The third kappa shape index (κ3) is 6.02. The highest BCUT2D eigenvalue weighted by Gasteiger charge is 2.09. The number of amides is 2. The number of methoxy groups -OCH3 is 1. The summed E-state index contributed by atoms with van der Waals surface area (Å²) < 4.78 is 10.4. The van der Waals surface area contributed by atoms with Crippen LogP contribution in [0, 0.1) is 0 Å². The number of anilines is 1. The molecule has 2 aromatic rings. The number of hydrogen-bond donors (Lipinski definition) is 3. The summed E-state index contributed by atoms with van der Waals surface area (Å²) in [5.41, 5.74) is 5.17. The number of para-hydroxylation sites is 2. The molecule has 2 amide bonds. The zero-order valence-corrected chi connectivity index (χ0v) is 15.4. The van der Waals surface area contributed by atoms with Crippen LogP contribution in [0.25, 0.3) is 0 Å². The van der Waals surface area contributed by atoms with Gasteiger partial charge in [0, 0.05) is 11.1 Å². The standard InChI is InChI=1S/C17H17Cl2N3O4/c1-25-14-5-3-2-4-13(14)20-9-16(23)21-22-17(24)10-26-15-8-11(18)6-7-12(15)19/h2-8,20H,9-10H2,1H3,(H,21,23)(H,22,24). The first-order valence-corrected chi connectivity index (χ1v) is 8.27. The van der Waals surface area contributed by atoms with Crippen LogP contribution in [0.1, 0.15) is 0 Å². The smallest absolute Gasteiger partial charge is 0.276 e. The van der Waals surface area contributed by atoms with E-state index in [2.05, 4.69) is 16.2 Å². The summed E-state index contributed by atoms with van der Waals surface area (Å²) in [5, 5.41) is 3.66. The number of carbonyl (C=O) groups is 2. The summed E-state index contributed by atoms with van der Waals surface area (Å²) in [7, 11) is 1.53. The maximum absolute atomic E-state index is 11.8. The van der Waals surface area contributed by atoms with Crippen LogP contribution in [0.4, 0.5) is 5.69 Å². The van der Waals surface area contributed by atoms with Crippen LogP contribution < -0.4 is 25.6 Å². The molecular weight excluding hydrogens is 381 g/mol. The Morgan fingerprint density at radius 2 is 1.73 bits per heavy atom. The third-order valence-electron chi connectivity index (χ3n) is 3.14. The van der Waals surface area contributed by atoms with Crippen LogP contribution in [0.15, 0.2) is 42.5 Å².